The van der Waals surface area contributed by atoms with Crippen LogP contribution >= 0.6 is 11.6 Å². The average Bonchev–Trinajstić information content (AvgIpc) is 3.03. The normalized spacial score (nSPS) is 15.5. The Hall–Kier alpha value is -3.49. The van der Waals surface area contributed by atoms with Crippen molar-refractivity contribution in [2.24, 2.45) is 10.9 Å². The molecule has 3 aromatic rings. The molecule has 0 saturated heterocycles. The van der Waals surface area contributed by atoms with E-state index in [1.807, 2.05) is 44.2 Å². The molecular formula is C30H32ClN3O4S. The van der Waals surface area contributed by atoms with Gasteiger partial charge in [-0.05, 0) is 29.7 Å². The summed E-state index contributed by atoms with van der Waals surface area (Å²) < 4.78 is 27.3. The van der Waals surface area contributed by atoms with Crippen molar-refractivity contribution in [3.63, 3.8) is 0 Å². The highest BCUT2D eigenvalue weighted by Crippen LogP contribution is 2.33. The minimum absolute atomic E-state index is 0.00556. The number of sulfonamides is 1. The Morgan fingerprint density at radius 2 is 1.64 bits per heavy atom. The van der Waals surface area contributed by atoms with Crippen molar-refractivity contribution in [3.05, 3.63) is 101 Å². The fourth-order valence-electron chi connectivity index (χ4n) is 4.84. The summed E-state index contributed by atoms with van der Waals surface area (Å²) in [5.74, 6) is -1.22. The molecule has 2 amide bonds. The first-order chi connectivity index (χ1) is 18.7. The van der Waals surface area contributed by atoms with Crippen molar-refractivity contribution in [1.82, 2.24) is 4.72 Å². The number of fused-ring (bicyclic) bond motifs is 1. The molecule has 204 valence electrons. The number of benzene rings is 3. The number of hydrogen-bond acceptors (Lipinski definition) is 5. The van der Waals surface area contributed by atoms with Gasteiger partial charge in [-0.1, -0.05) is 99.0 Å². The standard InChI is InChI=1S/C30H32ClN3O4S/c1-3-22(4-2)29-30(36)34(18-17-27(35)33-39(37,38)20-21-11-7-5-8-12-21)26-16-15-24(31)19-25(26)28(32-29)23-13-9-6-10-14-23/h5-16,19,22,29H,3-4,17-18,20H2,1-2H3,(H,33,35)/t29-/m0/s1. The lowest BCUT2D eigenvalue weighted by molar-refractivity contribution is -0.121. The fourth-order valence-corrected chi connectivity index (χ4v) is 6.17. The van der Waals surface area contributed by atoms with Crippen LogP contribution in [0.2, 0.25) is 5.02 Å². The van der Waals surface area contributed by atoms with E-state index >= 15 is 0 Å². The predicted molar refractivity (Wildman–Crippen MR) is 156 cm³/mol. The summed E-state index contributed by atoms with van der Waals surface area (Å²) in [5.41, 5.74) is 3.37. The number of carbonyl (C=O) groups is 2. The van der Waals surface area contributed by atoms with Gasteiger partial charge in [-0.25, -0.2) is 8.42 Å². The van der Waals surface area contributed by atoms with Crippen molar-refractivity contribution in [2.75, 3.05) is 11.4 Å². The molecule has 0 radical (unpaired) electrons. The maximum Gasteiger partial charge on any atom is 0.252 e. The van der Waals surface area contributed by atoms with Crippen molar-refractivity contribution < 1.29 is 18.0 Å². The first-order valence-corrected chi connectivity index (χ1v) is 15.1. The van der Waals surface area contributed by atoms with E-state index in [-0.39, 0.29) is 30.5 Å². The van der Waals surface area contributed by atoms with E-state index in [0.29, 0.717) is 27.5 Å². The van der Waals surface area contributed by atoms with Crippen LogP contribution in [0.25, 0.3) is 0 Å². The van der Waals surface area contributed by atoms with Gasteiger partial charge in [0.1, 0.15) is 6.04 Å². The van der Waals surface area contributed by atoms with Gasteiger partial charge >= 0.3 is 0 Å². The molecule has 0 bridgehead atoms. The Kier molecular flexibility index (Phi) is 9.20. The first kappa shape index (κ1) is 28.5. The lowest BCUT2D eigenvalue weighted by Crippen LogP contribution is -2.43. The zero-order valence-corrected chi connectivity index (χ0v) is 23.6. The van der Waals surface area contributed by atoms with Gasteiger partial charge < -0.3 is 4.90 Å². The molecule has 0 fully saturated rings. The summed E-state index contributed by atoms with van der Waals surface area (Å²) in [5, 5.41) is 0.496. The molecule has 1 heterocycles. The number of nitrogens with zero attached hydrogens (tertiary/aromatic N) is 2. The quantitative estimate of drug-likeness (QED) is 0.358. The van der Waals surface area contributed by atoms with E-state index in [0.717, 1.165) is 18.4 Å². The van der Waals surface area contributed by atoms with Gasteiger partial charge in [0.25, 0.3) is 5.91 Å². The zero-order valence-electron chi connectivity index (χ0n) is 22.0. The number of benzodiazepines with no additional fused rings is 1. The maximum absolute atomic E-state index is 14.0. The minimum Gasteiger partial charge on any atom is -0.309 e. The molecule has 9 heteroatoms. The van der Waals surface area contributed by atoms with Crippen LogP contribution in [-0.2, 0) is 25.4 Å². The third-order valence-corrected chi connectivity index (χ3v) is 8.35. The van der Waals surface area contributed by atoms with E-state index in [2.05, 4.69) is 4.72 Å². The van der Waals surface area contributed by atoms with Gasteiger partial charge in [0.2, 0.25) is 15.9 Å². The number of amides is 2. The van der Waals surface area contributed by atoms with Crippen LogP contribution in [0.5, 0.6) is 0 Å². The van der Waals surface area contributed by atoms with Gasteiger partial charge in [-0.3, -0.25) is 19.3 Å². The summed E-state index contributed by atoms with van der Waals surface area (Å²) in [6.07, 6.45) is 1.31. The van der Waals surface area contributed by atoms with Crippen molar-refractivity contribution >= 4 is 44.8 Å². The largest absolute Gasteiger partial charge is 0.309 e. The molecule has 0 spiro atoms. The molecule has 39 heavy (non-hydrogen) atoms. The Bertz CT molecular complexity index is 1460. The van der Waals surface area contributed by atoms with Gasteiger partial charge in [-0.15, -0.1) is 0 Å². The smallest absolute Gasteiger partial charge is 0.252 e. The van der Waals surface area contributed by atoms with Crippen molar-refractivity contribution in [1.29, 1.82) is 0 Å². The van der Waals surface area contributed by atoms with Crippen LogP contribution < -0.4 is 9.62 Å². The molecule has 1 aliphatic rings. The number of anilines is 1. The minimum atomic E-state index is -3.89. The summed E-state index contributed by atoms with van der Waals surface area (Å²) in [7, 11) is -3.89. The molecule has 0 unspecified atom stereocenters. The van der Waals surface area contributed by atoms with E-state index in [4.69, 9.17) is 16.6 Å². The first-order valence-electron chi connectivity index (χ1n) is 13.0. The van der Waals surface area contributed by atoms with Crippen LogP contribution in [0.4, 0.5) is 5.69 Å². The average molecular weight is 566 g/mol. The number of halogens is 1. The zero-order chi connectivity index (χ0) is 28.0. The van der Waals surface area contributed by atoms with Crippen LogP contribution in [-0.4, -0.2) is 38.5 Å². The fraction of sp³-hybridized carbons (Fsp3) is 0.300. The molecule has 1 aliphatic heterocycles. The summed E-state index contributed by atoms with van der Waals surface area (Å²) in [6.45, 7) is 4.06. The van der Waals surface area contributed by atoms with Gasteiger partial charge in [0.05, 0.1) is 17.2 Å². The highest BCUT2D eigenvalue weighted by atomic mass is 35.5. The second-order valence-corrected chi connectivity index (χ2v) is 11.7. The molecular weight excluding hydrogens is 534 g/mol. The highest BCUT2D eigenvalue weighted by molar-refractivity contribution is 7.89. The van der Waals surface area contributed by atoms with Crippen LogP contribution in [0.3, 0.4) is 0 Å². The number of hydrogen-bond donors (Lipinski definition) is 1. The van der Waals surface area contributed by atoms with Gasteiger partial charge in [-0.2, -0.15) is 0 Å². The molecule has 0 aromatic heterocycles. The Balaban J connectivity index is 1.65. The molecule has 1 N–H and O–H groups in total. The topological polar surface area (TPSA) is 95.9 Å². The van der Waals surface area contributed by atoms with E-state index in [9.17, 15) is 18.0 Å². The summed E-state index contributed by atoms with van der Waals surface area (Å²) in [6, 6.07) is 22.8. The van der Waals surface area contributed by atoms with Crippen LogP contribution in [0.15, 0.2) is 83.9 Å². The second kappa shape index (κ2) is 12.6. The highest BCUT2D eigenvalue weighted by Gasteiger charge is 2.36. The predicted octanol–water partition coefficient (Wildman–Crippen LogP) is 5.37. The molecule has 7 nitrogen and oxygen atoms in total. The summed E-state index contributed by atoms with van der Waals surface area (Å²) in [4.78, 5) is 33.3. The van der Waals surface area contributed by atoms with E-state index in [1.165, 1.54) is 0 Å². The Labute approximate surface area is 235 Å². The van der Waals surface area contributed by atoms with E-state index < -0.39 is 22.0 Å². The van der Waals surface area contributed by atoms with Crippen molar-refractivity contribution in [3.8, 4) is 0 Å². The lowest BCUT2D eigenvalue weighted by atomic mass is 9.93. The van der Waals surface area contributed by atoms with Gasteiger partial charge in [0.15, 0.2) is 0 Å². The van der Waals surface area contributed by atoms with Crippen molar-refractivity contribution in [2.45, 2.75) is 44.9 Å². The number of nitrogens with one attached hydrogen (secondary N) is 1. The molecule has 4 rings (SSSR count). The monoisotopic (exact) mass is 565 g/mol. The van der Waals surface area contributed by atoms with E-state index in [1.54, 1.807) is 53.4 Å². The molecule has 0 saturated carbocycles. The number of aliphatic imine (C=N–C) groups is 1. The maximum atomic E-state index is 14.0. The SMILES string of the molecule is CCC(CC)[C@@H]1N=C(c2ccccc2)c2cc(Cl)ccc2N(CCC(=O)NS(=O)(=O)Cc2ccccc2)C1=O. The molecule has 0 aliphatic carbocycles. The third kappa shape index (κ3) is 6.94. The molecule has 1 atom stereocenters. The van der Waals surface area contributed by atoms with Crippen LogP contribution in [0.1, 0.15) is 49.8 Å². The lowest BCUT2D eigenvalue weighted by Gasteiger charge is -2.28. The molecule has 3 aromatic carbocycles. The Morgan fingerprint density at radius 1 is 1.00 bits per heavy atom. The van der Waals surface area contributed by atoms with Crippen LogP contribution in [0, 0.1) is 5.92 Å². The third-order valence-electron chi connectivity index (χ3n) is 6.87. The second-order valence-electron chi connectivity index (χ2n) is 9.54. The Morgan fingerprint density at radius 3 is 2.28 bits per heavy atom. The van der Waals surface area contributed by atoms with Gasteiger partial charge in [0, 0.05) is 29.1 Å². The number of carbonyl (C=O) groups excluding carboxylic acids is 2. The summed E-state index contributed by atoms with van der Waals surface area (Å²) >= 11 is 6.40. The number of rotatable bonds is 10.